The van der Waals surface area contributed by atoms with Crippen LogP contribution >= 0.6 is 11.3 Å². The number of benzene rings is 10. The molecule has 0 saturated carbocycles. The molecular weight excluding hydrogens is 851 g/mol. The van der Waals surface area contributed by atoms with Crippen molar-refractivity contribution in [2.45, 2.75) is 0 Å². The maximum absolute atomic E-state index is 12.1. The Bertz CT molecular complexity index is 4660. The number of hydrogen-bond donors (Lipinski definition) is 0. The van der Waals surface area contributed by atoms with E-state index in [4.69, 9.17) is 9.40 Å². The van der Waals surface area contributed by atoms with Crippen LogP contribution in [0.5, 0.6) is 0 Å². The van der Waals surface area contributed by atoms with Crippen molar-refractivity contribution in [3.05, 3.63) is 205 Å². The molecular formula is C61H31N5OS. The minimum Gasteiger partial charge on any atom is -0.456 e. The maximum Gasteiger partial charge on any atom is 0.220 e. The summed E-state index contributed by atoms with van der Waals surface area (Å²) in [5.74, 6) is 0. The fourth-order valence-electron chi connectivity index (χ4n) is 11.5. The second kappa shape index (κ2) is 13.6. The Morgan fingerprint density at radius 3 is 1.90 bits per heavy atom. The van der Waals surface area contributed by atoms with Crippen LogP contribution in [0.25, 0.3) is 146 Å². The Hall–Kier alpha value is -9.27. The molecule has 0 aliphatic heterocycles. The lowest BCUT2D eigenvalue weighted by Crippen LogP contribution is -2.09. The number of aromatic nitrogens is 3. The van der Waals surface area contributed by atoms with E-state index in [-0.39, 0.29) is 0 Å². The Morgan fingerprint density at radius 1 is 0.500 bits per heavy atom. The van der Waals surface area contributed by atoms with Gasteiger partial charge in [-0.2, -0.15) is 5.26 Å². The lowest BCUT2D eigenvalue weighted by molar-refractivity contribution is 0.669. The van der Waals surface area contributed by atoms with E-state index in [1.165, 1.54) is 10.1 Å². The molecule has 68 heavy (non-hydrogen) atoms. The number of furan rings is 1. The maximum atomic E-state index is 12.1. The largest absolute Gasteiger partial charge is 0.456 e. The lowest BCUT2D eigenvalue weighted by atomic mass is 9.88. The summed E-state index contributed by atoms with van der Waals surface area (Å²) in [7, 11) is 0. The monoisotopic (exact) mass is 881 g/mol. The normalized spacial score (nSPS) is 12.1. The smallest absolute Gasteiger partial charge is 0.220 e. The molecule has 0 amide bonds. The first-order valence-electron chi connectivity index (χ1n) is 22.6. The zero-order valence-corrected chi connectivity index (χ0v) is 36.8. The van der Waals surface area contributed by atoms with E-state index in [0.29, 0.717) is 28.2 Å². The van der Waals surface area contributed by atoms with Crippen molar-refractivity contribution >= 4 is 124 Å². The Kier molecular flexibility index (Phi) is 7.42. The Morgan fingerprint density at radius 2 is 1.13 bits per heavy atom. The fraction of sp³-hybridized carbons (Fsp3) is 0. The zero-order valence-electron chi connectivity index (χ0n) is 36.0. The highest BCUT2D eigenvalue weighted by atomic mass is 32.1. The van der Waals surface area contributed by atoms with Crippen molar-refractivity contribution in [2.75, 3.05) is 0 Å². The first kappa shape index (κ1) is 37.0. The molecule has 0 bridgehead atoms. The quantitative estimate of drug-likeness (QED) is 0.131. The second-order valence-electron chi connectivity index (χ2n) is 17.5. The lowest BCUT2D eigenvalue weighted by Gasteiger charge is -2.25. The number of rotatable bonds is 4. The molecule has 7 heteroatoms. The number of thiophene rings is 1. The molecule has 0 aliphatic rings. The summed E-state index contributed by atoms with van der Waals surface area (Å²) in [4.78, 5) is 9.81. The summed E-state index contributed by atoms with van der Waals surface area (Å²) in [5, 5.41) is 25.1. The van der Waals surface area contributed by atoms with E-state index < -0.39 is 0 Å². The molecule has 0 N–H and O–H groups in total. The van der Waals surface area contributed by atoms with E-state index in [0.717, 1.165) is 114 Å². The predicted molar refractivity (Wildman–Crippen MR) is 281 cm³/mol. The number of fused-ring (bicyclic) bond motifs is 14. The molecule has 0 aliphatic carbocycles. The van der Waals surface area contributed by atoms with Crippen LogP contribution in [-0.2, 0) is 0 Å². The third-order valence-electron chi connectivity index (χ3n) is 14.2. The fourth-order valence-corrected chi connectivity index (χ4v) is 12.8. The minimum absolute atomic E-state index is 0.371. The second-order valence-corrected chi connectivity index (χ2v) is 18.5. The van der Waals surface area contributed by atoms with Gasteiger partial charge in [0, 0.05) is 59.7 Å². The first-order chi connectivity index (χ1) is 33.7. The molecule has 0 fully saturated rings. The number of nitrogens with zero attached hydrogens (tertiary/aromatic N) is 5. The highest BCUT2D eigenvalue weighted by molar-refractivity contribution is 7.26. The molecule has 5 aromatic heterocycles. The average molecular weight is 882 g/mol. The van der Waals surface area contributed by atoms with Crippen molar-refractivity contribution in [3.8, 4) is 39.7 Å². The van der Waals surface area contributed by atoms with E-state index in [1.54, 1.807) is 11.3 Å². The Labute approximate surface area is 391 Å². The SMILES string of the molecule is [C-]#[N+]c1c(-c2ccccc2)c(C#N)c(-n2c3c(ccc4c5ccccc5sc43)c3ccc4oc5ccccc5c4c32)c(-c2ccccc2)c1-n1c2cccc3c4ccccc4c4ccnc1c4c32. The van der Waals surface area contributed by atoms with Crippen LogP contribution in [0, 0.1) is 17.9 Å². The van der Waals surface area contributed by atoms with Gasteiger partial charge in [-0.1, -0.05) is 146 Å². The van der Waals surface area contributed by atoms with Gasteiger partial charge in [-0.15, -0.1) is 11.3 Å². The van der Waals surface area contributed by atoms with Gasteiger partial charge in [-0.3, -0.25) is 0 Å². The van der Waals surface area contributed by atoms with Crippen molar-refractivity contribution in [1.82, 2.24) is 14.1 Å². The molecule has 0 radical (unpaired) electrons. The number of nitriles is 1. The molecule has 312 valence electrons. The summed E-state index contributed by atoms with van der Waals surface area (Å²) in [6.45, 7) is 9.35. The highest BCUT2D eigenvalue weighted by Crippen LogP contribution is 2.55. The summed E-state index contributed by atoms with van der Waals surface area (Å²) in [6.07, 6.45) is 1.89. The molecule has 0 atom stereocenters. The van der Waals surface area contributed by atoms with Gasteiger partial charge >= 0.3 is 0 Å². The standard InChI is InChI=1S/C61H31N5OS/c1-63-55-50(34-15-4-2-5-16-34)45(33-62)57(51(35-17-6-3-7-18-35)59(55)65-46-24-14-23-39-36-19-8-9-20-37(36)40-31-32-64-61(65)54(40)52(39)46)66-56-41(29-30-48-53(56)44-22-10-12-25-47(44)67-48)42-27-28-43-38-21-11-13-26-49(38)68-60(43)58(42)66/h2-32H. The zero-order chi connectivity index (χ0) is 44.8. The van der Waals surface area contributed by atoms with Crippen LogP contribution in [0.15, 0.2) is 193 Å². The van der Waals surface area contributed by atoms with E-state index >= 15 is 0 Å². The average Bonchev–Trinajstić information content (AvgIpc) is 4.16. The van der Waals surface area contributed by atoms with Crippen molar-refractivity contribution in [1.29, 1.82) is 5.26 Å². The minimum atomic E-state index is 0.371. The number of para-hydroxylation sites is 1. The van der Waals surface area contributed by atoms with Crippen molar-refractivity contribution < 1.29 is 4.42 Å². The van der Waals surface area contributed by atoms with Crippen molar-refractivity contribution in [2.24, 2.45) is 0 Å². The third kappa shape index (κ3) is 4.69. The molecule has 0 spiro atoms. The predicted octanol–water partition coefficient (Wildman–Crippen LogP) is 17.0. The summed E-state index contributed by atoms with van der Waals surface area (Å²) < 4.78 is 13.6. The van der Waals surface area contributed by atoms with Gasteiger partial charge in [0.05, 0.1) is 50.1 Å². The van der Waals surface area contributed by atoms with Crippen LogP contribution < -0.4 is 0 Å². The summed E-state index contributed by atoms with van der Waals surface area (Å²) in [5.41, 5.74) is 10.2. The van der Waals surface area contributed by atoms with Gasteiger partial charge in [0.2, 0.25) is 5.69 Å². The molecule has 5 heterocycles. The van der Waals surface area contributed by atoms with Crippen LogP contribution in [0.3, 0.4) is 0 Å². The van der Waals surface area contributed by atoms with Crippen LogP contribution in [0.1, 0.15) is 5.56 Å². The summed E-state index contributed by atoms with van der Waals surface area (Å²) in [6, 6.07) is 65.8. The molecule has 15 rings (SSSR count). The van der Waals surface area contributed by atoms with Crippen LogP contribution in [-0.4, -0.2) is 14.1 Å². The van der Waals surface area contributed by atoms with Gasteiger partial charge in [0.1, 0.15) is 22.9 Å². The van der Waals surface area contributed by atoms with E-state index in [1.807, 2.05) is 66.9 Å². The van der Waals surface area contributed by atoms with Gasteiger partial charge in [0.15, 0.2) is 0 Å². The van der Waals surface area contributed by atoms with Crippen molar-refractivity contribution in [3.63, 3.8) is 0 Å². The molecule has 6 nitrogen and oxygen atoms in total. The molecule has 0 saturated heterocycles. The molecule has 15 aromatic rings. The topological polar surface area (TPSA) is 64.0 Å². The van der Waals surface area contributed by atoms with Crippen LogP contribution in [0.4, 0.5) is 5.69 Å². The summed E-state index contributed by atoms with van der Waals surface area (Å²) >= 11 is 1.77. The molecule has 10 aromatic carbocycles. The van der Waals surface area contributed by atoms with Gasteiger partial charge in [-0.25, -0.2) is 9.83 Å². The number of pyridine rings is 1. The molecule has 0 unspecified atom stereocenters. The van der Waals surface area contributed by atoms with E-state index in [9.17, 15) is 11.8 Å². The highest BCUT2D eigenvalue weighted by Gasteiger charge is 2.34. The first-order valence-corrected chi connectivity index (χ1v) is 23.4. The number of hydrogen-bond acceptors (Lipinski definition) is 4. The van der Waals surface area contributed by atoms with Gasteiger partial charge in [0.25, 0.3) is 0 Å². The van der Waals surface area contributed by atoms with E-state index in [2.05, 4.69) is 141 Å². The third-order valence-corrected chi connectivity index (χ3v) is 15.4. The van der Waals surface area contributed by atoms with Crippen LogP contribution in [0.2, 0.25) is 0 Å². The van der Waals surface area contributed by atoms with Gasteiger partial charge in [-0.05, 0) is 69.1 Å². The Balaban J connectivity index is 1.27. The van der Waals surface area contributed by atoms with Gasteiger partial charge < -0.3 is 13.6 Å².